The predicted octanol–water partition coefficient (Wildman–Crippen LogP) is 1.37. The first kappa shape index (κ1) is 9.09. The van der Waals surface area contributed by atoms with Crippen LogP contribution in [0.15, 0.2) is 11.7 Å². The molecule has 1 unspecified atom stereocenters. The van der Waals surface area contributed by atoms with Crippen LogP contribution in [0.2, 0.25) is 0 Å². The van der Waals surface area contributed by atoms with Crippen molar-refractivity contribution in [2.75, 3.05) is 19.7 Å². The van der Waals surface area contributed by atoms with Crippen LogP contribution in [0.5, 0.6) is 0 Å². The SMILES string of the molecule is OCC12CCCN1CCC2=C(F)F. The Hall–Kier alpha value is -0.480. The third kappa shape index (κ3) is 1.12. The molecule has 74 valence electrons. The Morgan fingerprint density at radius 2 is 2.23 bits per heavy atom. The Bertz CT molecular complexity index is 250. The van der Waals surface area contributed by atoms with Gasteiger partial charge in [0.25, 0.3) is 6.08 Å². The zero-order valence-corrected chi connectivity index (χ0v) is 7.39. The number of hydrogen-bond donors (Lipinski definition) is 1. The maximum atomic E-state index is 12.6. The van der Waals surface area contributed by atoms with Gasteiger partial charge in [-0.3, -0.25) is 4.90 Å². The molecule has 0 aromatic carbocycles. The summed E-state index contributed by atoms with van der Waals surface area (Å²) in [7, 11) is 0. The van der Waals surface area contributed by atoms with E-state index in [2.05, 4.69) is 0 Å². The minimum atomic E-state index is -1.58. The second-order valence-electron chi connectivity index (χ2n) is 3.77. The molecule has 0 aromatic rings. The third-order valence-corrected chi connectivity index (χ3v) is 3.31. The number of rotatable bonds is 1. The van der Waals surface area contributed by atoms with Gasteiger partial charge in [0.05, 0.1) is 12.1 Å². The van der Waals surface area contributed by atoms with E-state index < -0.39 is 11.6 Å². The first-order chi connectivity index (χ1) is 6.20. The maximum Gasteiger partial charge on any atom is 0.271 e. The Morgan fingerprint density at radius 3 is 2.85 bits per heavy atom. The summed E-state index contributed by atoms with van der Waals surface area (Å²) in [5.41, 5.74) is -0.522. The molecule has 0 aliphatic carbocycles. The van der Waals surface area contributed by atoms with Crippen LogP contribution < -0.4 is 0 Å². The van der Waals surface area contributed by atoms with Crippen LogP contribution in [0.1, 0.15) is 19.3 Å². The second kappa shape index (κ2) is 3.03. The topological polar surface area (TPSA) is 23.5 Å². The van der Waals surface area contributed by atoms with E-state index in [1.165, 1.54) is 0 Å². The molecule has 0 radical (unpaired) electrons. The average molecular weight is 189 g/mol. The monoisotopic (exact) mass is 189 g/mol. The van der Waals surface area contributed by atoms with Crippen LogP contribution in [0.3, 0.4) is 0 Å². The Kier molecular flexibility index (Phi) is 2.12. The van der Waals surface area contributed by atoms with Crippen LogP contribution in [0.4, 0.5) is 8.78 Å². The molecule has 1 atom stereocenters. The van der Waals surface area contributed by atoms with Crippen molar-refractivity contribution in [3.8, 4) is 0 Å². The number of aliphatic hydroxyl groups excluding tert-OH is 1. The lowest BCUT2D eigenvalue weighted by Gasteiger charge is -2.30. The smallest absolute Gasteiger partial charge is 0.271 e. The Labute approximate surface area is 75.8 Å². The van der Waals surface area contributed by atoms with Gasteiger partial charge < -0.3 is 5.11 Å². The second-order valence-corrected chi connectivity index (χ2v) is 3.77. The van der Waals surface area contributed by atoms with Gasteiger partial charge in [0.2, 0.25) is 0 Å². The van der Waals surface area contributed by atoms with Crippen molar-refractivity contribution in [3.05, 3.63) is 11.7 Å². The van der Waals surface area contributed by atoms with Gasteiger partial charge in [0.15, 0.2) is 0 Å². The lowest BCUT2D eigenvalue weighted by atomic mass is 9.90. The fourth-order valence-electron chi connectivity index (χ4n) is 2.63. The molecule has 2 saturated heterocycles. The average Bonchev–Trinajstić information content (AvgIpc) is 2.58. The summed E-state index contributed by atoms with van der Waals surface area (Å²) in [6.45, 7) is 1.35. The van der Waals surface area contributed by atoms with Gasteiger partial charge in [0.1, 0.15) is 0 Å². The molecule has 2 fully saturated rings. The number of aliphatic hydroxyl groups is 1. The number of halogens is 2. The molecule has 2 aliphatic heterocycles. The summed E-state index contributed by atoms with van der Waals surface area (Å²) >= 11 is 0. The largest absolute Gasteiger partial charge is 0.394 e. The molecule has 13 heavy (non-hydrogen) atoms. The molecule has 2 heterocycles. The standard InChI is InChI=1S/C9H13F2NO/c10-8(11)7-2-5-12-4-1-3-9(7,12)6-13/h13H,1-6H2. The molecule has 1 N–H and O–H groups in total. The van der Waals surface area contributed by atoms with E-state index >= 15 is 0 Å². The van der Waals surface area contributed by atoms with Crippen molar-refractivity contribution in [1.82, 2.24) is 4.90 Å². The predicted molar refractivity (Wildman–Crippen MR) is 44.5 cm³/mol. The van der Waals surface area contributed by atoms with E-state index in [0.29, 0.717) is 19.4 Å². The minimum absolute atomic E-state index is 0.167. The normalized spacial score (nSPS) is 33.9. The molecule has 0 aromatic heterocycles. The zero-order valence-electron chi connectivity index (χ0n) is 7.39. The van der Waals surface area contributed by atoms with Gasteiger partial charge in [0, 0.05) is 12.1 Å². The van der Waals surface area contributed by atoms with Gasteiger partial charge in [-0.1, -0.05) is 0 Å². The molecular formula is C9H13F2NO. The fraction of sp³-hybridized carbons (Fsp3) is 0.778. The van der Waals surface area contributed by atoms with Crippen LogP contribution in [-0.4, -0.2) is 35.2 Å². The first-order valence-electron chi connectivity index (χ1n) is 4.61. The van der Waals surface area contributed by atoms with Crippen molar-refractivity contribution >= 4 is 0 Å². The van der Waals surface area contributed by atoms with Crippen molar-refractivity contribution in [2.24, 2.45) is 0 Å². The van der Waals surface area contributed by atoms with Crippen LogP contribution in [0.25, 0.3) is 0 Å². The molecule has 0 amide bonds. The van der Waals surface area contributed by atoms with Crippen LogP contribution in [0, 0.1) is 0 Å². The maximum absolute atomic E-state index is 12.6. The van der Waals surface area contributed by atoms with Gasteiger partial charge in [-0.05, 0) is 25.8 Å². The Balaban J connectivity index is 2.38. The van der Waals surface area contributed by atoms with Crippen molar-refractivity contribution in [3.63, 3.8) is 0 Å². The molecule has 0 bridgehead atoms. The van der Waals surface area contributed by atoms with Gasteiger partial charge in [-0.2, -0.15) is 8.78 Å². The summed E-state index contributed by atoms with van der Waals surface area (Å²) in [5, 5.41) is 9.24. The van der Waals surface area contributed by atoms with Crippen molar-refractivity contribution in [1.29, 1.82) is 0 Å². The quantitative estimate of drug-likeness (QED) is 0.673. The van der Waals surface area contributed by atoms with Gasteiger partial charge >= 0.3 is 0 Å². The third-order valence-electron chi connectivity index (χ3n) is 3.31. The molecule has 2 aliphatic rings. The summed E-state index contributed by atoms with van der Waals surface area (Å²) in [6, 6.07) is 0. The molecular weight excluding hydrogens is 176 g/mol. The number of nitrogens with zero attached hydrogens (tertiary/aromatic N) is 1. The van der Waals surface area contributed by atoms with Crippen LogP contribution in [-0.2, 0) is 0 Å². The molecule has 0 spiro atoms. The highest BCUT2D eigenvalue weighted by molar-refractivity contribution is 5.28. The Morgan fingerprint density at radius 1 is 1.46 bits per heavy atom. The lowest BCUT2D eigenvalue weighted by Crippen LogP contribution is -2.43. The minimum Gasteiger partial charge on any atom is -0.394 e. The highest BCUT2D eigenvalue weighted by Crippen LogP contribution is 2.44. The number of fused-ring (bicyclic) bond motifs is 1. The summed E-state index contributed by atoms with van der Waals surface area (Å²) in [6.07, 6.45) is 0.426. The van der Waals surface area contributed by atoms with Crippen molar-refractivity contribution < 1.29 is 13.9 Å². The van der Waals surface area contributed by atoms with Crippen molar-refractivity contribution in [2.45, 2.75) is 24.8 Å². The van der Waals surface area contributed by atoms with E-state index in [-0.39, 0.29) is 12.2 Å². The highest BCUT2D eigenvalue weighted by Gasteiger charge is 2.49. The number of hydrogen-bond acceptors (Lipinski definition) is 2. The van der Waals surface area contributed by atoms with E-state index in [1.54, 1.807) is 0 Å². The molecule has 0 saturated carbocycles. The molecule has 2 nitrogen and oxygen atoms in total. The summed E-state index contributed by atoms with van der Waals surface area (Å²) in [5.74, 6) is 0. The fourth-order valence-corrected chi connectivity index (χ4v) is 2.63. The van der Waals surface area contributed by atoms with Gasteiger partial charge in [-0.15, -0.1) is 0 Å². The summed E-state index contributed by atoms with van der Waals surface area (Å²) < 4.78 is 25.1. The lowest BCUT2D eigenvalue weighted by molar-refractivity contribution is 0.119. The van der Waals surface area contributed by atoms with E-state index in [4.69, 9.17) is 0 Å². The van der Waals surface area contributed by atoms with E-state index in [1.807, 2.05) is 4.90 Å². The van der Waals surface area contributed by atoms with E-state index in [9.17, 15) is 13.9 Å². The van der Waals surface area contributed by atoms with E-state index in [0.717, 1.165) is 13.0 Å². The molecule has 2 rings (SSSR count). The van der Waals surface area contributed by atoms with Crippen LogP contribution >= 0.6 is 0 Å². The summed E-state index contributed by atoms with van der Waals surface area (Å²) in [4.78, 5) is 1.99. The molecule has 4 heteroatoms. The zero-order chi connectivity index (χ0) is 9.47. The first-order valence-corrected chi connectivity index (χ1v) is 4.61. The van der Waals surface area contributed by atoms with Gasteiger partial charge in [-0.25, -0.2) is 0 Å². The highest BCUT2D eigenvalue weighted by atomic mass is 19.3.